The monoisotopic (exact) mass is 237 g/mol. The van der Waals surface area contributed by atoms with Crippen LogP contribution in [0.4, 0.5) is 0 Å². The van der Waals surface area contributed by atoms with Crippen LogP contribution < -0.4 is 4.72 Å². The van der Waals surface area contributed by atoms with E-state index in [9.17, 15) is 8.42 Å². The maximum Gasteiger partial charge on any atom is 0.0973 e. The highest BCUT2D eigenvalue weighted by molar-refractivity contribution is 8.00. The lowest BCUT2D eigenvalue weighted by Gasteiger charge is -2.21. The maximum absolute atomic E-state index is 11.7. The fourth-order valence-corrected chi connectivity index (χ4v) is 4.14. The third kappa shape index (κ3) is 3.37. The lowest BCUT2D eigenvalue weighted by molar-refractivity contribution is 0.609. The van der Waals surface area contributed by atoms with Gasteiger partial charge in [0.1, 0.15) is 0 Å². The zero-order chi connectivity index (χ0) is 11.0. The van der Waals surface area contributed by atoms with Crippen LogP contribution in [-0.4, -0.2) is 36.6 Å². The molecule has 0 bridgehead atoms. The normalized spacial score (nSPS) is 35.8. The number of rotatable bonds is 2. The second-order valence-corrected chi connectivity index (χ2v) is 9.49. The van der Waals surface area contributed by atoms with Crippen LogP contribution in [0.2, 0.25) is 0 Å². The van der Waals surface area contributed by atoms with E-state index in [-0.39, 0.29) is 10.8 Å². The number of hydrogen-bond acceptors (Lipinski definition) is 2. The van der Waals surface area contributed by atoms with Crippen molar-refractivity contribution in [3.63, 3.8) is 0 Å². The molecule has 1 saturated heterocycles. The first kappa shape index (κ1) is 12.2. The van der Waals surface area contributed by atoms with Gasteiger partial charge >= 0.3 is 0 Å². The Morgan fingerprint density at radius 1 is 1.50 bits per heavy atom. The molecule has 0 aromatic heterocycles. The molecule has 0 aliphatic carbocycles. The molecule has 3 atom stereocenters. The summed E-state index contributed by atoms with van der Waals surface area (Å²) in [5, 5.41) is 0. The Kier molecular flexibility index (Phi) is 3.44. The molecule has 0 aromatic rings. The minimum Gasteiger partial charge on any atom is -0.268 e. The van der Waals surface area contributed by atoms with E-state index in [0.29, 0.717) is 11.5 Å². The van der Waals surface area contributed by atoms with E-state index in [1.165, 1.54) is 0 Å². The van der Waals surface area contributed by atoms with Crippen LogP contribution in [0.25, 0.3) is 0 Å². The van der Waals surface area contributed by atoms with Gasteiger partial charge in [-0.3, -0.25) is 4.21 Å². The van der Waals surface area contributed by atoms with Crippen molar-refractivity contribution in [2.24, 2.45) is 0 Å². The Balaban J connectivity index is 2.53. The van der Waals surface area contributed by atoms with E-state index < -0.39 is 20.5 Å². The Labute approximate surface area is 89.3 Å². The van der Waals surface area contributed by atoms with Crippen LogP contribution in [0.3, 0.4) is 0 Å². The molecule has 14 heavy (non-hydrogen) atoms. The molecule has 0 radical (unpaired) electrons. The third-order valence-corrected chi connectivity index (χ3v) is 5.82. The van der Waals surface area contributed by atoms with Gasteiger partial charge in [0.05, 0.1) is 15.7 Å². The van der Waals surface area contributed by atoms with Gasteiger partial charge in [-0.2, -0.15) is 0 Å². The SMILES string of the molecule is C=S1(=O)CCC(NS(=O)C(C)(C)C)C1. The molecular formula is C9H19NO2S2. The summed E-state index contributed by atoms with van der Waals surface area (Å²) >= 11 is 0. The van der Waals surface area contributed by atoms with E-state index in [1.807, 2.05) is 20.8 Å². The number of nitrogens with one attached hydrogen (secondary N) is 1. The van der Waals surface area contributed by atoms with E-state index in [0.717, 1.165) is 6.42 Å². The Hall–Kier alpha value is 0.130. The smallest absolute Gasteiger partial charge is 0.0973 e. The first-order valence-corrected chi connectivity index (χ1v) is 7.93. The summed E-state index contributed by atoms with van der Waals surface area (Å²) in [6.07, 6.45) is 0.824. The zero-order valence-electron chi connectivity index (χ0n) is 9.04. The van der Waals surface area contributed by atoms with Crippen molar-refractivity contribution in [3.8, 4) is 0 Å². The summed E-state index contributed by atoms with van der Waals surface area (Å²) in [4.78, 5) is 0. The predicted octanol–water partition coefficient (Wildman–Crippen LogP) is 0.527. The van der Waals surface area contributed by atoms with Crippen LogP contribution in [0, 0.1) is 0 Å². The minimum absolute atomic E-state index is 0.111. The predicted molar refractivity (Wildman–Crippen MR) is 64.4 cm³/mol. The van der Waals surface area contributed by atoms with Gasteiger partial charge in [0, 0.05) is 17.5 Å². The van der Waals surface area contributed by atoms with Gasteiger partial charge in [-0.1, -0.05) is 0 Å². The summed E-state index contributed by atoms with van der Waals surface area (Å²) in [5.41, 5.74) is 0. The molecular weight excluding hydrogens is 218 g/mol. The van der Waals surface area contributed by atoms with Crippen molar-refractivity contribution in [1.29, 1.82) is 0 Å². The van der Waals surface area contributed by atoms with Gasteiger partial charge in [-0.05, 0) is 42.6 Å². The molecule has 1 heterocycles. The summed E-state index contributed by atoms with van der Waals surface area (Å²) in [6, 6.07) is 0.111. The number of hydrogen-bond donors (Lipinski definition) is 1. The lowest BCUT2D eigenvalue weighted by Crippen LogP contribution is -2.40. The minimum atomic E-state index is -1.88. The molecule has 1 rings (SSSR count). The van der Waals surface area contributed by atoms with Gasteiger partial charge in [0.2, 0.25) is 0 Å². The average molecular weight is 237 g/mol. The largest absolute Gasteiger partial charge is 0.268 e. The van der Waals surface area contributed by atoms with Crippen LogP contribution in [0.15, 0.2) is 0 Å². The highest BCUT2D eigenvalue weighted by Gasteiger charge is 2.28. The lowest BCUT2D eigenvalue weighted by atomic mass is 10.3. The molecule has 1 N–H and O–H groups in total. The van der Waals surface area contributed by atoms with E-state index in [1.54, 1.807) is 0 Å². The van der Waals surface area contributed by atoms with Gasteiger partial charge in [-0.15, -0.1) is 0 Å². The van der Waals surface area contributed by atoms with Gasteiger partial charge < -0.3 is 0 Å². The van der Waals surface area contributed by atoms with Crippen molar-refractivity contribution in [3.05, 3.63) is 0 Å². The van der Waals surface area contributed by atoms with E-state index in [2.05, 4.69) is 10.6 Å². The van der Waals surface area contributed by atoms with Crippen LogP contribution in [-0.2, 0) is 20.5 Å². The molecule has 3 unspecified atom stereocenters. The van der Waals surface area contributed by atoms with Gasteiger partial charge in [-0.25, -0.2) is 8.93 Å². The van der Waals surface area contributed by atoms with Crippen molar-refractivity contribution in [2.75, 3.05) is 11.5 Å². The second kappa shape index (κ2) is 3.94. The van der Waals surface area contributed by atoms with Gasteiger partial charge in [0.15, 0.2) is 0 Å². The Morgan fingerprint density at radius 2 is 2.07 bits per heavy atom. The van der Waals surface area contributed by atoms with Crippen molar-refractivity contribution >= 4 is 26.4 Å². The standard InChI is InChI=1S/C9H19NO2S2/c1-9(2,3)13(11)10-8-5-6-14(4,12)7-8/h8,10H,4-7H2,1-3H3. The Bertz CT molecular complexity index is 327. The van der Waals surface area contributed by atoms with Crippen molar-refractivity contribution in [1.82, 2.24) is 4.72 Å². The van der Waals surface area contributed by atoms with Gasteiger partial charge in [0.25, 0.3) is 0 Å². The fraction of sp³-hybridized carbons (Fsp3) is 0.889. The third-order valence-electron chi connectivity index (χ3n) is 2.17. The average Bonchev–Trinajstić information content (AvgIpc) is 2.28. The zero-order valence-corrected chi connectivity index (χ0v) is 10.7. The summed E-state index contributed by atoms with van der Waals surface area (Å²) < 4.78 is 26.1. The van der Waals surface area contributed by atoms with E-state index in [4.69, 9.17) is 0 Å². The Morgan fingerprint density at radius 3 is 2.43 bits per heavy atom. The first-order valence-electron chi connectivity index (χ1n) is 4.71. The molecule has 84 valence electrons. The summed E-state index contributed by atoms with van der Waals surface area (Å²) in [6.45, 7) is 5.77. The van der Waals surface area contributed by atoms with Crippen molar-refractivity contribution in [2.45, 2.75) is 38.0 Å². The molecule has 1 fully saturated rings. The molecule has 0 amide bonds. The molecule has 0 aromatic carbocycles. The summed E-state index contributed by atoms with van der Waals surface area (Å²) in [5.74, 6) is 4.90. The molecule has 0 spiro atoms. The molecule has 1 aliphatic heterocycles. The first-order chi connectivity index (χ1) is 6.21. The quantitative estimate of drug-likeness (QED) is 0.712. The van der Waals surface area contributed by atoms with Crippen LogP contribution in [0.5, 0.6) is 0 Å². The highest BCUT2D eigenvalue weighted by Crippen LogP contribution is 2.15. The highest BCUT2D eigenvalue weighted by atomic mass is 32.2. The molecule has 5 heteroatoms. The molecule has 1 aliphatic rings. The topological polar surface area (TPSA) is 46.2 Å². The maximum atomic E-state index is 11.7. The van der Waals surface area contributed by atoms with Crippen LogP contribution >= 0.6 is 0 Å². The summed E-state index contributed by atoms with van der Waals surface area (Å²) in [7, 11) is -2.95. The van der Waals surface area contributed by atoms with E-state index >= 15 is 0 Å². The van der Waals surface area contributed by atoms with Crippen LogP contribution in [0.1, 0.15) is 27.2 Å². The second-order valence-electron chi connectivity index (χ2n) is 4.82. The molecule has 0 saturated carbocycles. The fourth-order valence-electron chi connectivity index (χ4n) is 1.31. The molecule has 3 nitrogen and oxygen atoms in total. The van der Waals surface area contributed by atoms with Crippen molar-refractivity contribution < 1.29 is 8.42 Å².